The highest BCUT2D eigenvalue weighted by Crippen LogP contribution is 2.35. The van der Waals surface area contributed by atoms with Gasteiger partial charge in [0.05, 0.1) is 61.1 Å². The topological polar surface area (TPSA) is 213 Å². The Morgan fingerprint density at radius 2 is 1.31 bits per heavy atom. The van der Waals surface area contributed by atoms with Crippen molar-refractivity contribution in [1.82, 2.24) is 49.9 Å². The van der Waals surface area contributed by atoms with Crippen molar-refractivity contribution in [2.75, 3.05) is 27.3 Å². The van der Waals surface area contributed by atoms with Crippen molar-refractivity contribution in [3.8, 4) is 33.6 Å². The Balaban J connectivity index is 0.998. The number of rotatable bonds is 13. The van der Waals surface area contributed by atoms with Gasteiger partial charge >= 0.3 is 12.2 Å². The van der Waals surface area contributed by atoms with Crippen molar-refractivity contribution < 1.29 is 33.8 Å². The lowest BCUT2D eigenvalue weighted by Crippen LogP contribution is -2.54. The van der Waals surface area contributed by atoms with E-state index in [2.05, 4.69) is 35.6 Å². The fraction of sp³-hybridized carbons (Fsp3) is 0.390. The van der Waals surface area contributed by atoms with Crippen molar-refractivity contribution in [2.45, 2.75) is 69.3 Å². The molecule has 0 aliphatic carbocycles. The summed E-state index contributed by atoms with van der Waals surface area (Å²) in [4.78, 5) is 74.8. The monoisotopic (exact) mass is 792 g/mol. The van der Waals surface area contributed by atoms with E-state index in [1.807, 2.05) is 55.6 Å². The number of alkyl carbamates (subject to hydrolysis) is 1. The Hall–Kier alpha value is -6.49. The predicted octanol–water partition coefficient (Wildman–Crippen LogP) is 4.83. The zero-order chi connectivity index (χ0) is 40.9. The number of aromatic amines is 2. The van der Waals surface area contributed by atoms with Gasteiger partial charge in [0.1, 0.15) is 23.7 Å². The minimum absolute atomic E-state index is 0.149. The maximum atomic E-state index is 13.7. The summed E-state index contributed by atoms with van der Waals surface area (Å²) in [7, 11) is 4.57. The Kier molecular flexibility index (Phi) is 11.9. The quantitative estimate of drug-likeness (QED) is 0.110. The SMILES string of the molecule is COC(=O)N[C@H](C(=O)N1CCC[C@H]1c1ncc(-c2ccc(-c3ccc(-c4cnc([C@@H]5CCCN5C(=O)[C@H](Cc5cn(C)cn5)NC(=O)O)[nH]4)cc3)cc2)[nH]1)[C@@H](C)OC. The average molecular weight is 793 g/mol. The molecule has 0 unspecified atom stereocenters. The maximum Gasteiger partial charge on any atom is 0.407 e. The summed E-state index contributed by atoms with van der Waals surface area (Å²) in [5, 5.41) is 14.5. The number of carboxylic acid groups (broad SMARTS) is 1. The molecule has 0 radical (unpaired) electrons. The van der Waals surface area contributed by atoms with Gasteiger partial charge in [0.2, 0.25) is 11.8 Å². The Labute approximate surface area is 335 Å². The number of methoxy groups -OCH3 is 2. The molecule has 3 aromatic heterocycles. The summed E-state index contributed by atoms with van der Waals surface area (Å²) in [5.41, 5.74) is 6.19. The number of H-pyrrole nitrogens is 2. The smallest absolute Gasteiger partial charge is 0.407 e. The van der Waals surface area contributed by atoms with Gasteiger partial charge in [-0.2, -0.15) is 0 Å². The van der Waals surface area contributed by atoms with Crippen LogP contribution in [0.1, 0.15) is 62.0 Å². The molecule has 0 saturated carbocycles. The number of aromatic nitrogens is 6. The number of likely N-dealkylation sites (tertiary alicyclic amines) is 2. The summed E-state index contributed by atoms with van der Waals surface area (Å²) in [5.74, 6) is 0.773. The molecule has 17 nitrogen and oxygen atoms in total. The van der Waals surface area contributed by atoms with Gasteiger partial charge in [0.25, 0.3) is 0 Å². The minimum atomic E-state index is -1.26. The van der Waals surface area contributed by atoms with E-state index in [4.69, 9.17) is 9.47 Å². The molecule has 5 N–H and O–H groups in total. The molecule has 0 spiro atoms. The predicted molar refractivity (Wildman–Crippen MR) is 212 cm³/mol. The number of nitrogens with zero attached hydrogens (tertiary/aromatic N) is 6. The van der Waals surface area contributed by atoms with Gasteiger partial charge in [0, 0.05) is 39.9 Å². The average Bonchev–Trinajstić information content (AvgIpc) is 4.09. The molecule has 4 amide bonds. The van der Waals surface area contributed by atoms with Crippen LogP contribution in [0, 0.1) is 0 Å². The molecular weight excluding hydrogens is 745 g/mol. The second-order valence-corrected chi connectivity index (χ2v) is 14.7. The first-order chi connectivity index (χ1) is 28.0. The van der Waals surface area contributed by atoms with Gasteiger partial charge in [-0.25, -0.2) is 24.5 Å². The van der Waals surface area contributed by atoms with Crippen LogP contribution in [0.4, 0.5) is 9.59 Å². The van der Waals surface area contributed by atoms with Crippen LogP contribution < -0.4 is 10.6 Å². The van der Waals surface area contributed by atoms with E-state index in [9.17, 15) is 24.3 Å². The normalized spacial score (nSPS) is 18.1. The highest BCUT2D eigenvalue weighted by atomic mass is 16.5. The molecule has 5 heterocycles. The number of amides is 4. The molecule has 2 aliphatic rings. The third-order valence-electron chi connectivity index (χ3n) is 11.0. The van der Waals surface area contributed by atoms with Crippen molar-refractivity contribution in [2.24, 2.45) is 7.05 Å². The number of aryl methyl sites for hydroxylation is 1. The van der Waals surface area contributed by atoms with Crippen LogP contribution in [0.3, 0.4) is 0 Å². The summed E-state index contributed by atoms with van der Waals surface area (Å²) < 4.78 is 11.9. The van der Waals surface area contributed by atoms with Gasteiger partial charge in [-0.3, -0.25) is 9.59 Å². The van der Waals surface area contributed by atoms with E-state index >= 15 is 0 Å². The first-order valence-electron chi connectivity index (χ1n) is 19.3. The summed E-state index contributed by atoms with van der Waals surface area (Å²) in [6.45, 7) is 2.76. The molecule has 7 rings (SSSR count). The van der Waals surface area contributed by atoms with Crippen LogP contribution in [0.5, 0.6) is 0 Å². The molecule has 2 saturated heterocycles. The van der Waals surface area contributed by atoms with Crippen LogP contribution >= 0.6 is 0 Å². The van der Waals surface area contributed by atoms with Crippen molar-refractivity contribution >= 4 is 24.0 Å². The number of ether oxygens (including phenoxy) is 2. The van der Waals surface area contributed by atoms with Crippen molar-refractivity contribution in [3.05, 3.63) is 90.8 Å². The van der Waals surface area contributed by atoms with Crippen LogP contribution in [0.2, 0.25) is 0 Å². The highest BCUT2D eigenvalue weighted by molar-refractivity contribution is 5.87. The largest absolute Gasteiger partial charge is 0.465 e. The third kappa shape index (κ3) is 8.58. The van der Waals surface area contributed by atoms with E-state index < -0.39 is 30.4 Å². The number of hydrogen-bond acceptors (Lipinski definition) is 9. The summed E-state index contributed by atoms with van der Waals surface area (Å²) in [6, 6.07) is 13.8. The van der Waals surface area contributed by atoms with Gasteiger partial charge in [0.15, 0.2) is 0 Å². The minimum Gasteiger partial charge on any atom is -0.465 e. The van der Waals surface area contributed by atoms with E-state index in [1.54, 1.807) is 46.2 Å². The van der Waals surface area contributed by atoms with E-state index in [-0.39, 0.29) is 30.3 Å². The number of hydrogen-bond donors (Lipinski definition) is 5. The molecule has 58 heavy (non-hydrogen) atoms. The standard InChI is InChI=1S/C41H48N10O7/c1-24(57-3)35(48-41(56)58-4)39(53)51-18-6-8-34(51)37-43-21-32(46-37)28-15-11-26(12-16-28)25-9-13-27(14-10-25)31-20-42-36(45-31)33-7-5-17-50(33)38(52)30(47-40(54)55)19-29-22-49(2)23-44-29/h9-16,20-24,30,33-35,47H,5-8,17-19H2,1-4H3,(H,42,45)(H,43,46)(H,48,56)(H,54,55)/t24-,30+,33+,34+,35+/m1/s1. The second-order valence-electron chi connectivity index (χ2n) is 14.7. The molecule has 17 heteroatoms. The van der Waals surface area contributed by atoms with Crippen molar-refractivity contribution in [3.63, 3.8) is 0 Å². The Morgan fingerprint density at radius 3 is 1.78 bits per heavy atom. The molecule has 0 bridgehead atoms. The van der Waals surface area contributed by atoms with Gasteiger partial charge in [-0.05, 0) is 54.9 Å². The van der Waals surface area contributed by atoms with Crippen LogP contribution in [-0.2, 0) is 32.5 Å². The summed E-state index contributed by atoms with van der Waals surface area (Å²) >= 11 is 0. The number of carbonyl (C=O) groups is 4. The fourth-order valence-electron chi connectivity index (χ4n) is 7.83. The van der Waals surface area contributed by atoms with E-state index in [1.165, 1.54) is 14.2 Å². The number of imidazole rings is 3. The lowest BCUT2D eigenvalue weighted by atomic mass is 10.0. The molecule has 2 aliphatic heterocycles. The van der Waals surface area contributed by atoms with Crippen LogP contribution in [0.15, 0.2) is 73.4 Å². The van der Waals surface area contributed by atoms with E-state index in [0.717, 1.165) is 52.9 Å². The lowest BCUT2D eigenvalue weighted by molar-refractivity contribution is -0.137. The van der Waals surface area contributed by atoms with Crippen LogP contribution in [0.25, 0.3) is 33.6 Å². The first kappa shape index (κ1) is 39.7. The van der Waals surface area contributed by atoms with Crippen LogP contribution in [-0.4, -0.2) is 114 Å². The third-order valence-corrected chi connectivity index (χ3v) is 11.0. The van der Waals surface area contributed by atoms with Gasteiger partial charge < -0.3 is 49.5 Å². The Morgan fingerprint density at radius 1 is 0.793 bits per heavy atom. The number of benzene rings is 2. The van der Waals surface area contributed by atoms with E-state index in [0.29, 0.717) is 36.9 Å². The highest BCUT2D eigenvalue weighted by Gasteiger charge is 2.39. The molecule has 5 atom stereocenters. The van der Waals surface area contributed by atoms with Crippen molar-refractivity contribution in [1.29, 1.82) is 0 Å². The zero-order valence-corrected chi connectivity index (χ0v) is 32.8. The van der Waals surface area contributed by atoms with Gasteiger partial charge in [-0.15, -0.1) is 0 Å². The Bertz CT molecular complexity index is 2230. The number of carbonyl (C=O) groups excluding carboxylic acids is 3. The van der Waals surface area contributed by atoms with Gasteiger partial charge in [-0.1, -0.05) is 48.5 Å². The molecular formula is C41H48N10O7. The molecule has 2 aromatic carbocycles. The zero-order valence-electron chi connectivity index (χ0n) is 32.8. The molecule has 5 aromatic rings. The molecule has 304 valence electrons. The molecule has 2 fully saturated rings. The summed E-state index contributed by atoms with van der Waals surface area (Å²) in [6.07, 6.45) is 7.57. The first-order valence-corrected chi connectivity index (χ1v) is 19.3. The lowest BCUT2D eigenvalue weighted by Gasteiger charge is -2.30. The maximum absolute atomic E-state index is 13.7. The number of nitrogens with one attached hydrogen (secondary N) is 4. The second kappa shape index (κ2) is 17.3. The fourth-order valence-corrected chi connectivity index (χ4v) is 7.83.